The first-order valence-electron chi connectivity index (χ1n) is 8.88. The second kappa shape index (κ2) is 7.53. The molecule has 0 radical (unpaired) electrons. The van der Waals surface area contributed by atoms with Crippen molar-refractivity contribution in [3.05, 3.63) is 84.2 Å². The highest BCUT2D eigenvalue weighted by atomic mass is 19.4. The van der Waals surface area contributed by atoms with Crippen molar-refractivity contribution in [2.45, 2.75) is 12.4 Å². The summed E-state index contributed by atoms with van der Waals surface area (Å²) in [6.45, 7) is 0. The number of hydrogen-bond acceptors (Lipinski definition) is 3. The zero-order valence-electron chi connectivity index (χ0n) is 15.5. The molecule has 0 amide bonds. The third-order valence-electron chi connectivity index (χ3n) is 4.33. The number of alkyl halides is 6. The fraction of sp³-hybridized carbons (Fsp3) is 0.0952. The minimum atomic E-state index is -4.90. The maximum Gasteiger partial charge on any atom is 0.433 e. The topological polar surface area (TPSA) is 43.6 Å². The first kappa shape index (κ1) is 20.6. The molecule has 0 fully saturated rings. The van der Waals surface area contributed by atoms with Crippen molar-refractivity contribution in [1.82, 2.24) is 19.7 Å². The van der Waals surface area contributed by atoms with E-state index >= 15 is 0 Å². The van der Waals surface area contributed by atoms with Gasteiger partial charge in [0.05, 0.1) is 11.4 Å². The Morgan fingerprint density at radius 3 is 1.68 bits per heavy atom. The van der Waals surface area contributed by atoms with Crippen LogP contribution >= 0.6 is 0 Å². The van der Waals surface area contributed by atoms with Gasteiger partial charge in [-0.2, -0.15) is 36.1 Å². The van der Waals surface area contributed by atoms with Crippen LogP contribution in [0.5, 0.6) is 0 Å². The average molecular weight is 434 g/mol. The fourth-order valence-corrected chi connectivity index (χ4v) is 2.92. The molecule has 2 heterocycles. The summed E-state index contributed by atoms with van der Waals surface area (Å²) >= 11 is 0. The highest BCUT2D eigenvalue weighted by Gasteiger charge is 2.39. The van der Waals surface area contributed by atoms with Gasteiger partial charge in [0.2, 0.25) is 0 Å². The number of rotatable bonds is 3. The SMILES string of the molecule is FC(F)(F)c1cc(-c2ccccc2)nc(-n2nc(-c3ccccc3)cc2C(F)(F)F)n1. The van der Waals surface area contributed by atoms with Gasteiger partial charge in [-0.05, 0) is 12.1 Å². The summed E-state index contributed by atoms with van der Waals surface area (Å²) in [6, 6.07) is 17.2. The monoisotopic (exact) mass is 434 g/mol. The molecule has 4 aromatic rings. The fourth-order valence-electron chi connectivity index (χ4n) is 2.92. The zero-order chi connectivity index (χ0) is 22.2. The molecule has 0 unspecified atom stereocenters. The van der Waals surface area contributed by atoms with E-state index in [2.05, 4.69) is 15.1 Å². The minimum Gasteiger partial charge on any atom is -0.211 e. The smallest absolute Gasteiger partial charge is 0.211 e. The van der Waals surface area contributed by atoms with Gasteiger partial charge in [0, 0.05) is 11.1 Å². The standard InChI is InChI=1S/C21H12F6N4/c22-20(23,24)17-11-15(13-7-3-1-4-8-13)28-19(29-17)31-18(21(25,26)27)12-16(30-31)14-9-5-2-6-10-14/h1-12H. The van der Waals surface area contributed by atoms with Crippen molar-refractivity contribution in [1.29, 1.82) is 0 Å². The third-order valence-corrected chi connectivity index (χ3v) is 4.33. The van der Waals surface area contributed by atoms with E-state index in [0.717, 1.165) is 6.07 Å². The summed E-state index contributed by atoms with van der Waals surface area (Å²) in [6.07, 6.45) is -9.79. The summed E-state index contributed by atoms with van der Waals surface area (Å²) < 4.78 is 81.7. The van der Waals surface area contributed by atoms with Gasteiger partial charge < -0.3 is 0 Å². The van der Waals surface area contributed by atoms with Crippen LogP contribution in [0.15, 0.2) is 72.8 Å². The van der Waals surface area contributed by atoms with E-state index in [-0.39, 0.29) is 11.4 Å². The molecule has 2 aromatic carbocycles. The highest BCUT2D eigenvalue weighted by molar-refractivity contribution is 5.61. The van der Waals surface area contributed by atoms with Crippen LogP contribution in [0.2, 0.25) is 0 Å². The predicted octanol–water partition coefficient (Wildman–Crippen LogP) is 6.03. The number of aromatic nitrogens is 4. The van der Waals surface area contributed by atoms with Gasteiger partial charge in [0.15, 0.2) is 11.4 Å². The molecule has 4 nitrogen and oxygen atoms in total. The van der Waals surface area contributed by atoms with E-state index in [9.17, 15) is 26.3 Å². The highest BCUT2D eigenvalue weighted by Crippen LogP contribution is 2.35. The van der Waals surface area contributed by atoms with Crippen LogP contribution in [-0.2, 0) is 12.4 Å². The average Bonchev–Trinajstić information content (AvgIpc) is 3.20. The largest absolute Gasteiger partial charge is 0.433 e. The third kappa shape index (κ3) is 4.27. The summed E-state index contributed by atoms with van der Waals surface area (Å²) in [7, 11) is 0. The van der Waals surface area contributed by atoms with Crippen molar-refractivity contribution in [3.8, 4) is 28.5 Å². The van der Waals surface area contributed by atoms with Crippen LogP contribution in [0.3, 0.4) is 0 Å². The Kier molecular flexibility index (Phi) is 5.00. The van der Waals surface area contributed by atoms with Gasteiger partial charge in [-0.15, -0.1) is 0 Å². The summed E-state index contributed by atoms with van der Waals surface area (Å²) in [5, 5.41) is 3.88. The molecular formula is C21H12F6N4. The Labute approximate surface area is 171 Å². The lowest BCUT2D eigenvalue weighted by atomic mass is 10.1. The second-order valence-corrected chi connectivity index (χ2v) is 6.49. The maximum absolute atomic E-state index is 13.7. The molecule has 0 N–H and O–H groups in total. The van der Waals surface area contributed by atoms with Crippen LogP contribution in [-0.4, -0.2) is 19.7 Å². The minimum absolute atomic E-state index is 0.0739. The van der Waals surface area contributed by atoms with E-state index < -0.39 is 29.7 Å². The molecule has 4 rings (SSSR count). The van der Waals surface area contributed by atoms with Crippen molar-refractivity contribution in [2.75, 3.05) is 0 Å². The van der Waals surface area contributed by atoms with Crippen LogP contribution < -0.4 is 0 Å². The normalized spacial score (nSPS) is 12.2. The Morgan fingerprint density at radius 1 is 0.613 bits per heavy atom. The Morgan fingerprint density at radius 2 is 1.16 bits per heavy atom. The molecule has 0 atom stereocenters. The molecule has 2 aromatic heterocycles. The Balaban J connectivity index is 1.96. The Hall–Kier alpha value is -3.69. The predicted molar refractivity (Wildman–Crippen MR) is 100 cm³/mol. The van der Waals surface area contributed by atoms with E-state index in [4.69, 9.17) is 0 Å². The first-order valence-corrected chi connectivity index (χ1v) is 8.88. The van der Waals surface area contributed by atoms with Crippen molar-refractivity contribution >= 4 is 0 Å². The molecule has 0 saturated heterocycles. The molecule has 0 spiro atoms. The van der Waals surface area contributed by atoms with E-state index in [1.54, 1.807) is 36.4 Å². The maximum atomic E-state index is 13.7. The summed E-state index contributed by atoms with van der Waals surface area (Å²) in [5.74, 6) is -0.830. The second-order valence-electron chi connectivity index (χ2n) is 6.49. The van der Waals surface area contributed by atoms with Gasteiger partial charge in [-0.3, -0.25) is 0 Å². The molecule has 10 heteroatoms. The number of hydrogen-bond donors (Lipinski definition) is 0. The zero-order valence-corrected chi connectivity index (χ0v) is 15.5. The van der Waals surface area contributed by atoms with Gasteiger partial charge in [0.1, 0.15) is 0 Å². The number of halogens is 6. The molecular weight excluding hydrogens is 422 g/mol. The molecule has 0 aliphatic heterocycles. The number of benzene rings is 2. The molecule has 31 heavy (non-hydrogen) atoms. The van der Waals surface area contributed by atoms with Crippen molar-refractivity contribution in [3.63, 3.8) is 0 Å². The van der Waals surface area contributed by atoms with Gasteiger partial charge >= 0.3 is 12.4 Å². The molecule has 0 saturated carbocycles. The van der Waals surface area contributed by atoms with Gasteiger partial charge in [0.25, 0.3) is 5.95 Å². The van der Waals surface area contributed by atoms with Gasteiger partial charge in [-0.25, -0.2) is 9.97 Å². The van der Waals surface area contributed by atoms with Crippen LogP contribution in [0.1, 0.15) is 11.4 Å². The summed E-state index contributed by atoms with van der Waals surface area (Å²) in [5.41, 5.74) is -2.26. The first-order chi connectivity index (χ1) is 14.6. The molecule has 158 valence electrons. The van der Waals surface area contributed by atoms with E-state index in [0.29, 0.717) is 21.9 Å². The van der Waals surface area contributed by atoms with Crippen LogP contribution in [0.4, 0.5) is 26.3 Å². The van der Waals surface area contributed by atoms with Crippen LogP contribution in [0.25, 0.3) is 28.5 Å². The molecule has 0 aliphatic carbocycles. The van der Waals surface area contributed by atoms with Crippen molar-refractivity contribution in [2.24, 2.45) is 0 Å². The number of nitrogens with zero attached hydrogens (tertiary/aromatic N) is 4. The lowest BCUT2D eigenvalue weighted by molar-refractivity contribution is -0.143. The van der Waals surface area contributed by atoms with E-state index in [1.807, 2.05) is 0 Å². The van der Waals surface area contributed by atoms with Crippen LogP contribution in [0, 0.1) is 0 Å². The molecule has 0 bridgehead atoms. The Bertz CT molecular complexity index is 1200. The lowest BCUT2D eigenvalue weighted by Crippen LogP contribution is -2.18. The quantitative estimate of drug-likeness (QED) is 0.370. The van der Waals surface area contributed by atoms with Crippen molar-refractivity contribution < 1.29 is 26.3 Å². The molecule has 0 aliphatic rings. The lowest BCUT2D eigenvalue weighted by Gasteiger charge is -2.13. The summed E-state index contributed by atoms with van der Waals surface area (Å²) in [4.78, 5) is 7.30. The van der Waals surface area contributed by atoms with E-state index in [1.165, 1.54) is 24.3 Å². The van der Waals surface area contributed by atoms with Gasteiger partial charge in [-0.1, -0.05) is 60.7 Å².